The summed E-state index contributed by atoms with van der Waals surface area (Å²) in [6.45, 7) is 6.16. The third-order valence-electron chi connectivity index (χ3n) is 2.33. The maximum atomic E-state index is 5.55. The highest BCUT2D eigenvalue weighted by Crippen LogP contribution is 2.31. The number of rotatable bonds is 2. The van der Waals surface area contributed by atoms with Crippen LogP contribution < -0.4 is 0 Å². The zero-order valence-electron chi connectivity index (χ0n) is 7.05. The molecule has 0 amide bonds. The van der Waals surface area contributed by atoms with Crippen molar-refractivity contribution in [1.82, 2.24) is 0 Å². The van der Waals surface area contributed by atoms with Crippen molar-refractivity contribution in [2.24, 2.45) is 5.92 Å². The van der Waals surface area contributed by atoms with E-state index in [0.717, 1.165) is 13.2 Å². The average Bonchev–Trinajstić information content (AvgIpc) is 2.13. The Morgan fingerprint density at radius 1 is 1.60 bits per heavy atom. The molecule has 1 unspecified atom stereocenters. The summed E-state index contributed by atoms with van der Waals surface area (Å²) < 4.78 is 5.55. The van der Waals surface area contributed by atoms with Crippen molar-refractivity contribution in [3.63, 3.8) is 0 Å². The van der Waals surface area contributed by atoms with Gasteiger partial charge in [0.05, 0.1) is 5.60 Å². The van der Waals surface area contributed by atoms with E-state index in [1.54, 1.807) is 0 Å². The van der Waals surface area contributed by atoms with Gasteiger partial charge in [-0.1, -0.05) is 0 Å². The van der Waals surface area contributed by atoms with Gasteiger partial charge in [-0.2, -0.15) is 7.05 Å². The molecule has 0 aromatic rings. The quantitative estimate of drug-likeness (QED) is 0.576. The van der Waals surface area contributed by atoms with Crippen LogP contribution in [0.15, 0.2) is 0 Å². The summed E-state index contributed by atoms with van der Waals surface area (Å²) in [4.78, 5) is 0. The lowest BCUT2D eigenvalue weighted by molar-refractivity contribution is 0.0144. The molecule has 0 aliphatic carbocycles. The molecule has 0 bridgehead atoms. The summed E-state index contributed by atoms with van der Waals surface area (Å²) in [6, 6.07) is 0. The van der Waals surface area contributed by atoms with Gasteiger partial charge < -0.3 is 10.1 Å². The van der Waals surface area contributed by atoms with Crippen molar-refractivity contribution in [3.05, 3.63) is 5.32 Å². The summed E-state index contributed by atoms with van der Waals surface area (Å²) in [6.07, 6.45) is 1.17. The Hall–Kier alpha value is -0.0800. The van der Waals surface area contributed by atoms with Crippen LogP contribution in [0.3, 0.4) is 0 Å². The first-order valence-electron chi connectivity index (χ1n) is 3.86. The van der Waals surface area contributed by atoms with E-state index in [9.17, 15) is 0 Å². The molecular weight excluding hydrogens is 126 g/mol. The third-order valence-corrected chi connectivity index (χ3v) is 2.33. The van der Waals surface area contributed by atoms with E-state index in [2.05, 4.69) is 19.2 Å². The molecule has 1 fully saturated rings. The van der Waals surface area contributed by atoms with E-state index in [1.807, 2.05) is 7.05 Å². The lowest BCUT2D eigenvalue weighted by atomic mass is 9.91. The van der Waals surface area contributed by atoms with Crippen LogP contribution in [0, 0.1) is 5.92 Å². The molecular formula is C8H16NO-. The Labute approximate surface area is 63.0 Å². The Bertz CT molecular complexity index is 112. The lowest BCUT2D eigenvalue weighted by Gasteiger charge is -2.30. The smallest absolute Gasteiger partial charge is 0.0638 e. The summed E-state index contributed by atoms with van der Waals surface area (Å²) >= 11 is 0. The fourth-order valence-corrected chi connectivity index (χ4v) is 1.46. The lowest BCUT2D eigenvalue weighted by Crippen LogP contribution is -2.29. The molecule has 1 aliphatic heterocycles. The van der Waals surface area contributed by atoms with Crippen LogP contribution in [0.2, 0.25) is 0 Å². The molecule has 0 spiro atoms. The zero-order valence-corrected chi connectivity index (χ0v) is 7.05. The second-order valence-electron chi connectivity index (χ2n) is 3.44. The highest BCUT2D eigenvalue weighted by Gasteiger charge is 2.32. The molecule has 1 atom stereocenters. The molecule has 2 nitrogen and oxygen atoms in total. The molecule has 0 aromatic heterocycles. The molecule has 0 N–H and O–H groups in total. The Morgan fingerprint density at radius 3 is 2.70 bits per heavy atom. The number of ether oxygens (including phenoxy) is 1. The molecule has 1 aliphatic rings. The van der Waals surface area contributed by atoms with Gasteiger partial charge in [0.15, 0.2) is 0 Å². The number of hydrogen-bond donors (Lipinski definition) is 0. The number of nitrogens with zero attached hydrogens (tertiary/aromatic N) is 1. The summed E-state index contributed by atoms with van der Waals surface area (Å²) in [5.41, 5.74) is 0.0690. The van der Waals surface area contributed by atoms with Crippen molar-refractivity contribution in [1.29, 1.82) is 0 Å². The van der Waals surface area contributed by atoms with Crippen molar-refractivity contribution in [2.75, 3.05) is 20.2 Å². The molecule has 10 heavy (non-hydrogen) atoms. The maximum Gasteiger partial charge on any atom is 0.0638 e. The highest BCUT2D eigenvalue weighted by molar-refractivity contribution is 4.91. The van der Waals surface area contributed by atoms with Gasteiger partial charge in [-0.05, 0) is 26.2 Å². The topological polar surface area (TPSA) is 23.3 Å². The van der Waals surface area contributed by atoms with E-state index in [-0.39, 0.29) is 5.60 Å². The molecule has 0 radical (unpaired) electrons. The van der Waals surface area contributed by atoms with Gasteiger partial charge in [-0.3, -0.25) is 0 Å². The van der Waals surface area contributed by atoms with Gasteiger partial charge in [-0.15, -0.1) is 6.54 Å². The Balaban J connectivity index is 2.43. The fraction of sp³-hybridized carbons (Fsp3) is 1.00. The molecule has 60 valence electrons. The maximum absolute atomic E-state index is 5.55. The van der Waals surface area contributed by atoms with Crippen LogP contribution in [-0.4, -0.2) is 25.8 Å². The van der Waals surface area contributed by atoms with E-state index >= 15 is 0 Å². The second kappa shape index (κ2) is 2.89. The average molecular weight is 142 g/mol. The third kappa shape index (κ3) is 1.50. The molecule has 1 rings (SSSR count). The normalized spacial score (nSPS) is 30.9. The molecule has 0 saturated carbocycles. The largest absolute Gasteiger partial charge is 0.665 e. The van der Waals surface area contributed by atoms with Crippen molar-refractivity contribution < 1.29 is 4.74 Å². The second-order valence-corrected chi connectivity index (χ2v) is 3.44. The van der Waals surface area contributed by atoms with E-state index < -0.39 is 0 Å². The minimum Gasteiger partial charge on any atom is -0.665 e. The minimum atomic E-state index is 0.0690. The van der Waals surface area contributed by atoms with E-state index in [4.69, 9.17) is 4.74 Å². The monoisotopic (exact) mass is 142 g/mol. The van der Waals surface area contributed by atoms with Crippen LogP contribution in [-0.2, 0) is 4.74 Å². The summed E-state index contributed by atoms with van der Waals surface area (Å²) in [5, 5.41) is 4.13. The first-order valence-corrected chi connectivity index (χ1v) is 3.86. The summed E-state index contributed by atoms with van der Waals surface area (Å²) in [7, 11) is 1.87. The Morgan fingerprint density at radius 2 is 2.30 bits per heavy atom. The van der Waals surface area contributed by atoms with Crippen molar-refractivity contribution in [3.8, 4) is 0 Å². The summed E-state index contributed by atoms with van der Waals surface area (Å²) in [5.74, 6) is 0.637. The first-order chi connectivity index (χ1) is 4.67. The first kappa shape index (κ1) is 8.02. The van der Waals surface area contributed by atoms with Crippen LogP contribution in [0.5, 0.6) is 0 Å². The highest BCUT2D eigenvalue weighted by atomic mass is 16.5. The van der Waals surface area contributed by atoms with Gasteiger partial charge in [0.25, 0.3) is 0 Å². The molecule has 1 heterocycles. The molecule has 1 saturated heterocycles. The van der Waals surface area contributed by atoms with Gasteiger partial charge in [0.2, 0.25) is 0 Å². The standard InChI is InChI=1S/C8H16NO/c1-8(2)7(6-9-3)4-5-10-8/h7H,4-6H2,1-3H3/q-1. The Kier molecular flexibility index (Phi) is 2.32. The number of hydrogen-bond acceptors (Lipinski definition) is 1. The molecule has 2 heteroatoms. The predicted octanol–water partition coefficient (Wildman–Crippen LogP) is 1.81. The van der Waals surface area contributed by atoms with Crippen molar-refractivity contribution in [2.45, 2.75) is 25.9 Å². The van der Waals surface area contributed by atoms with E-state index in [0.29, 0.717) is 5.92 Å². The van der Waals surface area contributed by atoms with Crippen molar-refractivity contribution >= 4 is 0 Å². The fourth-order valence-electron chi connectivity index (χ4n) is 1.46. The van der Waals surface area contributed by atoms with Crippen LogP contribution >= 0.6 is 0 Å². The zero-order chi connectivity index (χ0) is 7.61. The SMILES string of the molecule is C[N-]CC1CCOC1(C)C. The predicted molar refractivity (Wildman–Crippen MR) is 42.3 cm³/mol. The molecule has 0 aromatic carbocycles. The van der Waals surface area contributed by atoms with E-state index in [1.165, 1.54) is 6.42 Å². The van der Waals surface area contributed by atoms with Gasteiger partial charge >= 0.3 is 0 Å². The van der Waals surface area contributed by atoms with Crippen LogP contribution in [0.4, 0.5) is 0 Å². The van der Waals surface area contributed by atoms with Gasteiger partial charge in [0, 0.05) is 6.61 Å². The van der Waals surface area contributed by atoms with Gasteiger partial charge in [-0.25, -0.2) is 0 Å². The van der Waals surface area contributed by atoms with Crippen LogP contribution in [0.25, 0.3) is 5.32 Å². The van der Waals surface area contributed by atoms with Gasteiger partial charge in [0.1, 0.15) is 0 Å². The van der Waals surface area contributed by atoms with Crippen LogP contribution in [0.1, 0.15) is 20.3 Å². The minimum absolute atomic E-state index is 0.0690.